The van der Waals surface area contributed by atoms with Crippen LogP contribution in [0.3, 0.4) is 0 Å². The van der Waals surface area contributed by atoms with E-state index in [1.54, 1.807) is 0 Å². The number of sulfonamides is 1. The highest BCUT2D eigenvalue weighted by atomic mass is 79.9. The highest BCUT2D eigenvalue weighted by Gasteiger charge is 2.42. The first-order valence-corrected chi connectivity index (χ1v) is 8.36. The number of benzene rings is 1. The smallest absolute Gasteiger partial charge is 0.242 e. The van der Waals surface area contributed by atoms with E-state index in [0.717, 1.165) is 25.0 Å². The molecule has 2 bridgehead atoms. The number of fused-ring (bicyclic) bond motifs is 2. The van der Waals surface area contributed by atoms with Crippen molar-refractivity contribution in [1.29, 1.82) is 0 Å². The molecule has 19 heavy (non-hydrogen) atoms. The summed E-state index contributed by atoms with van der Waals surface area (Å²) < 4.78 is 46.1. The molecule has 4 nitrogen and oxygen atoms in total. The van der Waals surface area contributed by atoms with Gasteiger partial charge in [-0.25, -0.2) is 17.5 Å². The Hall–Kier alpha value is -0.500. The topological polar surface area (TPSA) is 55.4 Å². The molecule has 0 aromatic heterocycles. The van der Waals surface area contributed by atoms with Crippen molar-refractivity contribution in [1.82, 2.24) is 4.72 Å². The zero-order chi connectivity index (χ0) is 13.6. The van der Waals surface area contributed by atoms with Crippen LogP contribution in [0.25, 0.3) is 0 Å². The van der Waals surface area contributed by atoms with Crippen molar-refractivity contribution in [2.75, 3.05) is 0 Å². The standard InChI is InChI=1S/C12H13BrFNO3S/c13-9-5-7(14)1-4-12(9)19(16,17)15-10-6-8-2-3-11(10)18-8/h1,4-5,8,10-11,15H,2-3,6H2. The van der Waals surface area contributed by atoms with Gasteiger partial charge in [0.15, 0.2) is 0 Å². The van der Waals surface area contributed by atoms with Crippen LogP contribution < -0.4 is 4.72 Å². The first kappa shape index (κ1) is 13.5. The van der Waals surface area contributed by atoms with E-state index in [2.05, 4.69) is 20.7 Å². The maximum absolute atomic E-state index is 13.0. The number of nitrogens with one attached hydrogen (secondary N) is 1. The molecule has 0 aliphatic carbocycles. The average molecular weight is 350 g/mol. The van der Waals surface area contributed by atoms with Gasteiger partial charge in [0.05, 0.1) is 23.1 Å². The Morgan fingerprint density at radius 1 is 1.37 bits per heavy atom. The van der Waals surface area contributed by atoms with Crippen LogP contribution in [0.15, 0.2) is 27.6 Å². The molecule has 2 saturated heterocycles. The molecule has 3 atom stereocenters. The Labute approximate surface area is 119 Å². The highest BCUT2D eigenvalue weighted by Crippen LogP contribution is 2.35. The lowest BCUT2D eigenvalue weighted by Gasteiger charge is -2.20. The predicted molar refractivity (Wildman–Crippen MR) is 70.7 cm³/mol. The molecule has 7 heteroatoms. The van der Waals surface area contributed by atoms with Gasteiger partial charge in [-0.05, 0) is 53.4 Å². The van der Waals surface area contributed by atoms with Crippen molar-refractivity contribution in [2.45, 2.75) is 42.4 Å². The van der Waals surface area contributed by atoms with E-state index in [1.807, 2.05) is 0 Å². The van der Waals surface area contributed by atoms with E-state index < -0.39 is 15.8 Å². The van der Waals surface area contributed by atoms with Gasteiger partial charge in [-0.15, -0.1) is 0 Å². The lowest BCUT2D eigenvalue weighted by molar-refractivity contribution is 0.0996. The van der Waals surface area contributed by atoms with E-state index in [0.29, 0.717) is 6.42 Å². The van der Waals surface area contributed by atoms with Gasteiger partial charge in [0.25, 0.3) is 0 Å². The zero-order valence-electron chi connectivity index (χ0n) is 9.97. The Morgan fingerprint density at radius 3 is 2.74 bits per heavy atom. The van der Waals surface area contributed by atoms with Gasteiger partial charge in [0.1, 0.15) is 5.82 Å². The summed E-state index contributed by atoms with van der Waals surface area (Å²) in [5.41, 5.74) is 0. The minimum Gasteiger partial charge on any atom is -0.373 e. The van der Waals surface area contributed by atoms with Crippen molar-refractivity contribution in [3.05, 3.63) is 28.5 Å². The largest absolute Gasteiger partial charge is 0.373 e. The molecular weight excluding hydrogens is 337 g/mol. The number of hydrogen-bond acceptors (Lipinski definition) is 3. The minimum absolute atomic E-state index is 0.0287. The fourth-order valence-electron chi connectivity index (χ4n) is 2.72. The first-order valence-electron chi connectivity index (χ1n) is 6.08. The van der Waals surface area contributed by atoms with E-state index in [4.69, 9.17) is 4.74 Å². The van der Waals surface area contributed by atoms with Gasteiger partial charge in [-0.1, -0.05) is 0 Å². The van der Waals surface area contributed by atoms with Gasteiger partial charge in [-0.2, -0.15) is 0 Å². The Morgan fingerprint density at radius 2 is 2.16 bits per heavy atom. The van der Waals surface area contributed by atoms with Crippen LogP contribution in [0.2, 0.25) is 0 Å². The predicted octanol–water partition coefficient (Wildman–Crippen LogP) is 2.19. The summed E-state index contributed by atoms with van der Waals surface area (Å²) in [5.74, 6) is -0.478. The van der Waals surface area contributed by atoms with Gasteiger partial charge in [-0.3, -0.25) is 0 Å². The maximum atomic E-state index is 13.0. The normalized spacial score (nSPS) is 29.9. The fourth-order valence-corrected chi connectivity index (χ4v) is 5.04. The van der Waals surface area contributed by atoms with Gasteiger partial charge < -0.3 is 4.74 Å². The number of ether oxygens (including phenoxy) is 1. The third-order valence-corrected chi connectivity index (χ3v) is 6.06. The lowest BCUT2D eigenvalue weighted by Crippen LogP contribution is -2.41. The van der Waals surface area contributed by atoms with Crippen molar-refractivity contribution >= 4 is 26.0 Å². The molecule has 0 amide bonds. The summed E-state index contributed by atoms with van der Waals surface area (Å²) in [5, 5.41) is 0. The molecule has 1 N–H and O–H groups in total. The van der Waals surface area contributed by atoms with Gasteiger partial charge >= 0.3 is 0 Å². The molecule has 3 unspecified atom stereocenters. The molecule has 0 radical (unpaired) electrons. The summed E-state index contributed by atoms with van der Waals surface area (Å²) in [6.45, 7) is 0. The SMILES string of the molecule is O=S(=O)(NC1CC2CCC1O2)c1ccc(F)cc1Br. The van der Waals surface area contributed by atoms with E-state index in [9.17, 15) is 12.8 Å². The van der Waals surface area contributed by atoms with Crippen LogP contribution in [0, 0.1) is 5.82 Å². The molecule has 2 heterocycles. The van der Waals surface area contributed by atoms with E-state index in [1.165, 1.54) is 6.07 Å². The Bertz CT molecular complexity index is 607. The molecule has 1 aromatic rings. The third-order valence-electron chi connectivity index (χ3n) is 3.60. The molecule has 2 aliphatic heterocycles. The number of hydrogen-bond donors (Lipinski definition) is 1. The molecule has 0 spiro atoms. The van der Waals surface area contributed by atoms with Crippen LogP contribution in [0.4, 0.5) is 4.39 Å². The number of rotatable bonds is 3. The van der Waals surface area contributed by atoms with Crippen LogP contribution in [-0.4, -0.2) is 26.7 Å². The molecule has 2 fully saturated rings. The van der Waals surface area contributed by atoms with E-state index >= 15 is 0 Å². The highest BCUT2D eigenvalue weighted by molar-refractivity contribution is 9.10. The second kappa shape index (κ2) is 4.80. The summed E-state index contributed by atoms with van der Waals surface area (Å²) >= 11 is 3.08. The van der Waals surface area contributed by atoms with Crippen LogP contribution in [-0.2, 0) is 14.8 Å². The van der Waals surface area contributed by atoms with Crippen molar-refractivity contribution in [3.8, 4) is 0 Å². The lowest BCUT2D eigenvalue weighted by atomic mass is 9.96. The molecule has 3 rings (SSSR count). The maximum Gasteiger partial charge on any atom is 0.242 e. The molecule has 104 valence electrons. The quantitative estimate of drug-likeness (QED) is 0.909. The van der Waals surface area contributed by atoms with Crippen LogP contribution in [0.5, 0.6) is 0 Å². The number of halogens is 2. The molecule has 1 aromatic carbocycles. The molecular formula is C12H13BrFNO3S. The van der Waals surface area contributed by atoms with Gasteiger partial charge in [0, 0.05) is 4.47 Å². The first-order chi connectivity index (χ1) is 8.95. The van der Waals surface area contributed by atoms with Crippen molar-refractivity contribution < 1.29 is 17.5 Å². The molecule has 2 aliphatic rings. The van der Waals surface area contributed by atoms with E-state index in [-0.39, 0.29) is 27.6 Å². The second-order valence-corrected chi connectivity index (χ2v) is 7.45. The second-order valence-electron chi connectivity index (χ2n) is 4.91. The minimum atomic E-state index is -3.66. The summed E-state index contributed by atoms with van der Waals surface area (Å²) in [4.78, 5) is 0.0525. The Balaban J connectivity index is 1.83. The van der Waals surface area contributed by atoms with Gasteiger partial charge in [0.2, 0.25) is 10.0 Å². The molecule has 0 saturated carbocycles. The van der Waals surface area contributed by atoms with Crippen molar-refractivity contribution in [3.63, 3.8) is 0 Å². The van der Waals surface area contributed by atoms with Crippen LogP contribution >= 0.6 is 15.9 Å². The Kier molecular flexibility index (Phi) is 3.41. The zero-order valence-corrected chi connectivity index (χ0v) is 12.4. The summed E-state index contributed by atoms with van der Waals surface area (Å²) in [6.07, 6.45) is 2.75. The van der Waals surface area contributed by atoms with Crippen LogP contribution in [0.1, 0.15) is 19.3 Å². The monoisotopic (exact) mass is 349 g/mol. The van der Waals surface area contributed by atoms with Crippen molar-refractivity contribution in [2.24, 2.45) is 0 Å². The summed E-state index contributed by atoms with van der Waals surface area (Å²) in [7, 11) is -3.66. The average Bonchev–Trinajstić information content (AvgIpc) is 2.89. The fraction of sp³-hybridized carbons (Fsp3) is 0.500. The third kappa shape index (κ3) is 2.56. The summed E-state index contributed by atoms with van der Waals surface area (Å²) in [6, 6.07) is 3.36.